The first-order chi connectivity index (χ1) is 11.2. The number of hydrogen-bond acceptors (Lipinski definition) is 5. The molecule has 0 fully saturated rings. The van der Waals surface area contributed by atoms with Gasteiger partial charge in [0.05, 0.1) is 13.2 Å². The molecule has 0 atom stereocenters. The smallest absolute Gasteiger partial charge is 0.854 e. The van der Waals surface area contributed by atoms with Crippen molar-refractivity contribution in [1.29, 1.82) is 0 Å². The molecule has 0 unspecified atom stereocenters. The van der Waals surface area contributed by atoms with Gasteiger partial charge < -0.3 is 25.2 Å². The Labute approximate surface area is 168 Å². The molecule has 0 aliphatic rings. The second-order valence-electron chi connectivity index (χ2n) is 4.86. The Morgan fingerprint density at radius 3 is 1.12 bits per heavy atom. The maximum absolute atomic E-state index is 9.53. The third-order valence-corrected chi connectivity index (χ3v) is 2.37. The summed E-state index contributed by atoms with van der Waals surface area (Å²) in [6, 6.07) is 0. The molecule has 6 heteroatoms. The summed E-state index contributed by atoms with van der Waals surface area (Å²) in [5.41, 5.74) is 0. The van der Waals surface area contributed by atoms with Crippen molar-refractivity contribution in [2.45, 2.75) is 79.1 Å². The molecule has 0 rings (SSSR count). The van der Waals surface area contributed by atoms with Crippen molar-refractivity contribution >= 4 is 24.4 Å². The Kier molecular flexibility index (Phi) is 73.6. The van der Waals surface area contributed by atoms with Crippen molar-refractivity contribution in [3.8, 4) is 0 Å². The van der Waals surface area contributed by atoms with E-state index in [4.69, 9.17) is 9.84 Å². The topological polar surface area (TPSA) is 98.6 Å². The van der Waals surface area contributed by atoms with Crippen LogP contribution >= 0.6 is 0 Å². The Bertz CT molecular complexity index is 114. The van der Waals surface area contributed by atoms with Crippen molar-refractivity contribution in [2.24, 2.45) is 0 Å². The third-order valence-electron chi connectivity index (χ3n) is 2.37. The molecular weight excluding hydrogens is 418 g/mol. The van der Waals surface area contributed by atoms with E-state index in [9.17, 15) is 15.3 Å². The van der Waals surface area contributed by atoms with Crippen LogP contribution < -0.4 is 15.3 Å². The summed E-state index contributed by atoms with van der Waals surface area (Å²) in [4.78, 5) is 0. The summed E-state index contributed by atoms with van der Waals surface area (Å²) in [5, 5.41) is 36.8. The molecule has 0 bridgehead atoms. The van der Waals surface area contributed by atoms with Gasteiger partial charge in [0.1, 0.15) is 0 Å². The zero-order valence-electron chi connectivity index (χ0n) is 16.4. The van der Waals surface area contributed by atoms with Gasteiger partial charge in [-0.25, -0.2) is 0 Å². The van der Waals surface area contributed by atoms with E-state index in [1.54, 1.807) is 0 Å². The van der Waals surface area contributed by atoms with Crippen LogP contribution in [0.25, 0.3) is 0 Å². The summed E-state index contributed by atoms with van der Waals surface area (Å²) in [6.45, 7) is 9.85. The number of hydrogen-bond donors (Lipinski definition) is 1. The van der Waals surface area contributed by atoms with Crippen LogP contribution in [0.5, 0.6) is 0 Å². The van der Waals surface area contributed by atoms with E-state index < -0.39 is 0 Å². The molecule has 5 nitrogen and oxygen atoms in total. The molecule has 0 amide bonds. The number of unbranched alkanes of at least 4 members (excludes halogenated alkanes) is 4. The van der Waals surface area contributed by atoms with Gasteiger partial charge in [0.15, 0.2) is 0 Å². The molecule has 0 aliphatic carbocycles. The number of rotatable bonds is 11. The summed E-state index contributed by atoms with van der Waals surface area (Å²) in [5.74, 6) is 0. The van der Waals surface area contributed by atoms with Gasteiger partial charge in [-0.15, -0.1) is 19.8 Å². The van der Waals surface area contributed by atoms with Gasteiger partial charge in [-0.3, -0.25) is 0 Å². The minimum atomic E-state index is 0. The van der Waals surface area contributed by atoms with Crippen LogP contribution in [0.4, 0.5) is 0 Å². The van der Waals surface area contributed by atoms with Gasteiger partial charge in [0, 0.05) is 6.61 Å². The Balaban J connectivity index is -0.0000000677. The summed E-state index contributed by atoms with van der Waals surface area (Å²) in [6.07, 6.45) is 7.85. The van der Waals surface area contributed by atoms with Crippen LogP contribution in [0.1, 0.15) is 79.1 Å². The van der Waals surface area contributed by atoms with Crippen LogP contribution in [0.15, 0.2) is 0 Å². The Morgan fingerprint density at radius 1 is 0.625 bits per heavy atom. The van der Waals surface area contributed by atoms with Gasteiger partial charge in [-0.1, -0.05) is 72.6 Å². The predicted molar refractivity (Wildman–Crippen MR) is 97.9 cm³/mol. The van der Waals surface area contributed by atoms with Crippen molar-refractivity contribution in [3.63, 3.8) is 0 Å². The normalized spacial score (nSPS) is 8.50. The van der Waals surface area contributed by atoms with E-state index in [0.29, 0.717) is 6.61 Å². The van der Waals surface area contributed by atoms with E-state index in [2.05, 4.69) is 6.92 Å². The Hall–Kier alpha value is 0.618. The van der Waals surface area contributed by atoms with Crippen LogP contribution in [-0.2, 0) is 4.74 Å². The quantitative estimate of drug-likeness (QED) is 0.365. The van der Waals surface area contributed by atoms with Gasteiger partial charge in [0.25, 0.3) is 0 Å². The van der Waals surface area contributed by atoms with Gasteiger partial charge in [-0.2, -0.15) is 0 Å². The van der Waals surface area contributed by atoms with Crippen molar-refractivity contribution < 1.29 is 25.2 Å². The van der Waals surface area contributed by atoms with E-state index in [1.807, 2.05) is 20.8 Å². The van der Waals surface area contributed by atoms with Crippen LogP contribution in [-0.4, -0.2) is 69.2 Å². The van der Waals surface area contributed by atoms with Crippen molar-refractivity contribution in [3.05, 3.63) is 0 Å². The van der Waals surface area contributed by atoms with Gasteiger partial charge in [0.2, 0.25) is 0 Å². The van der Waals surface area contributed by atoms with E-state index in [-0.39, 0.29) is 50.9 Å². The molecule has 0 aliphatic heterocycles. The molecule has 0 aromatic carbocycles. The zero-order chi connectivity index (χ0) is 18.6. The standard InChI is InChI=1S/C6H14O2.3C4H9O.Sb/c1-2-3-5-8-6-4-7;3*1-2-3-4-5;/h7H,2-6H2,1H3;3*2-4H2,1H3;/q;3*-1;+3. The molecule has 0 saturated carbocycles. The number of ether oxygens (including phenoxy) is 1. The predicted octanol–water partition coefficient (Wildman–Crippen LogP) is 0.855. The fourth-order valence-corrected chi connectivity index (χ4v) is 0.846. The molecular formula is C18H41O5Sb. The first-order valence-electron chi connectivity index (χ1n) is 9.09. The van der Waals surface area contributed by atoms with Crippen molar-refractivity contribution in [1.82, 2.24) is 0 Å². The molecule has 0 aromatic rings. The fraction of sp³-hybridized carbons (Fsp3) is 1.00. The molecule has 1 N–H and O–H groups in total. The summed E-state index contributed by atoms with van der Waals surface area (Å²) >= 11 is 0. The molecule has 0 aromatic heterocycles. The van der Waals surface area contributed by atoms with Crippen LogP contribution in [0, 0.1) is 0 Å². The average molecular weight is 459 g/mol. The maximum atomic E-state index is 9.53. The Morgan fingerprint density at radius 2 is 0.958 bits per heavy atom. The first-order valence-corrected chi connectivity index (χ1v) is 9.09. The molecule has 0 heterocycles. The summed E-state index contributed by atoms with van der Waals surface area (Å²) < 4.78 is 4.97. The molecule has 0 spiro atoms. The van der Waals surface area contributed by atoms with Crippen LogP contribution in [0.3, 0.4) is 0 Å². The summed E-state index contributed by atoms with van der Waals surface area (Å²) in [7, 11) is 0. The minimum absolute atomic E-state index is 0. The fourth-order valence-electron chi connectivity index (χ4n) is 0.846. The molecule has 24 heavy (non-hydrogen) atoms. The van der Waals surface area contributed by atoms with Crippen LogP contribution in [0.2, 0.25) is 0 Å². The van der Waals surface area contributed by atoms with Crippen molar-refractivity contribution in [2.75, 3.05) is 39.6 Å². The maximum Gasteiger partial charge on any atom is 3.00 e. The minimum Gasteiger partial charge on any atom is -0.854 e. The van der Waals surface area contributed by atoms with E-state index in [0.717, 1.165) is 58.0 Å². The monoisotopic (exact) mass is 458 g/mol. The third kappa shape index (κ3) is 78.3. The molecule has 0 saturated heterocycles. The number of aliphatic hydroxyl groups is 1. The average Bonchev–Trinajstić information content (AvgIpc) is 2.56. The molecule has 2 radical (unpaired) electrons. The van der Waals surface area contributed by atoms with Gasteiger partial charge in [-0.05, 0) is 6.42 Å². The molecule has 148 valence electrons. The van der Waals surface area contributed by atoms with E-state index in [1.165, 1.54) is 0 Å². The first kappa shape index (κ1) is 35.7. The second-order valence-corrected chi connectivity index (χ2v) is 4.86. The second kappa shape index (κ2) is 49.5. The van der Waals surface area contributed by atoms with Gasteiger partial charge >= 0.3 is 24.4 Å². The SMILES string of the molecule is CCCCOCCO.CCCC[O-].CCCC[O-].CCCC[O-].[Sb+3]. The largest absolute Gasteiger partial charge is 3.00 e. The number of aliphatic hydroxyl groups excluding tert-OH is 1. The van der Waals surface area contributed by atoms with E-state index >= 15 is 0 Å². The zero-order valence-corrected chi connectivity index (χ0v) is 19.0.